The molecule has 2 aromatic rings. The van der Waals surface area contributed by atoms with Gasteiger partial charge in [-0.2, -0.15) is 0 Å². The monoisotopic (exact) mass is 315 g/mol. The molecule has 0 fully saturated rings. The number of aryl methyl sites for hydroxylation is 1. The zero-order chi connectivity index (χ0) is 17.0. The number of carbonyl (C=O) groups excluding carboxylic acids is 1. The largest absolute Gasteiger partial charge is 0.491 e. The number of hydrogen-bond donors (Lipinski definition) is 1. The zero-order valence-electron chi connectivity index (χ0n) is 13.8. The lowest BCUT2D eigenvalue weighted by atomic mass is 10.0. The van der Waals surface area contributed by atoms with Crippen molar-refractivity contribution in [2.24, 2.45) is 0 Å². The summed E-state index contributed by atoms with van der Waals surface area (Å²) < 4.78 is 10.7. The quantitative estimate of drug-likeness (QED) is 0.853. The molecule has 2 rings (SSSR count). The average molecular weight is 315 g/mol. The van der Waals surface area contributed by atoms with E-state index in [0.717, 1.165) is 11.3 Å². The fraction of sp³-hybridized carbons (Fsp3) is 0.353. The number of hydrogen-bond acceptors (Lipinski definition) is 6. The van der Waals surface area contributed by atoms with Gasteiger partial charge in [-0.25, -0.2) is 14.8 Å². The number of nitrogens with two attached hydrogens (primary N) is 1. The van der Waals surface area contributed by atoms with Crippen LogP contribution < -0.4 is 10.5 Å². The molecule has 6 nitrogen and oxygen atoms in total. The third kappa shape index (κ3) is 3.97. The highest BCUT2D eigenvalue weighted by molar-refractivity contribution is 5.97. The summed E-state index contributed by atoms with van der Waals surface area (Å²) in [7, 11) is 0. The number of carbonyl (C=O) groups is 1. The van der Waals surface area contributed by atoms with Crippen LogP contribution in [0.1, 0.15) is 36.8 Å². The van der Waals surface area contributed by atoms with E-state index in [1.54, 1.807) is 13.8 Å². The van der Waals surface area contributed by atoms with E-state index in [2.05, 4.69) is 9.97 Å². The second-order valence-corrected chi connectivity index (χ2v) is 5.30. The van der Waals surface area contributed by atoms with Crippen molar-refractivity contribution in [3.8, 4) is 17.0 Å². The van der Waals surface area contributed by atoms with Crippen LogP contribution in [0.4, 0.5) is 5.95 Å². The van der Waals surface area contributed by atoms with Gasteiger partial charge in [0.05, 0.1) is 24.1 Å². The fourth-order valence-electron chi connectivity index (χ4n) is 2.21. The Kier molecular flexibility index (Phi) is 5.16. The molecule has 0 atom stereocenters. The van der Waals surface area contributed by atoms with Gasteiger partial charge in [-0.15, -0.1) is 0 Å². The van der Waals surface area contributed by atoms with Gasteiger partial charge in [-0.3, -0.25) is 0 Å². The van der Waals surface area contributed by atoms with Crippen molar-refractivity contribution >= 4 is 11.9 Å². The van der Waals surface area contributed by atoms with Crippen LogP contribution in [0.25, 0.3) is 11.3 Å². The lowest BCUT2D eigenvalue weighted by Gasteiger charge is -2.13. The van der Waals surface area contributed by atoms with Gasteiger partial charge in [0.25, 0.3) is 0 Å². The van der Waals surface area contributed by atoms with Crippen molar-refractivity contribution in [1.29, 1.82) is 0 Å². The molecule has 23 heavy (non-hydrogen) atoms. The van der Waals surface area contributed by atoms with Crippen LogP contribution in [0.2, 0.25) is 0 Å². The third-order valence-corrected chi connectivity index (χ3v) is 3.09. The minimum absolute atomic E-state index is 0.0906. The molecule has 0 aliphatic heterocycles. The molecule has 2 N–H and O–H groups in total. The van der Waals surface area contributed by atoms with E-state index in [9.17, 15) is 4.79 Å². The zero-order valence-corrected chi connectivity index (χ0v) is 13.8. The number of benzene rings is 1. The van der Waals surface area contributed by atoms with Crippen LogP contribution in [0, 0.1) is 6.92 Å². The summed E-state index contributed by atoms with van der Waals surface area (Å²) in [6.07, 6.45) is 0.0906. The molecule has 0 saturated carbocycles. The summed E-state index contributed by atoms with van der Waals surface area (Å²) in [4.78, 5) is 20.5. The smallest absolute Gasteiger partial charge is 0.342 e. The minimum Gasteiger partial charge on any atom is -0.491 e. The number of aromatic nitrogens is 2. The molecule has 1 aromatic carbocycles. The molecule has 0 spiro atoms. The highest BCUT2D eigenvalue weighted by Crippen LogP contribution is 2.27. The normalized spacial score (nSPS) is 10.7. The Morgan fingerprint density at radius 2 is 1.87 bits per heavy atom. The van der Waals surface area contributed by atoms with Gasteiger partial charge in [0, 0.05) is 5.56 Å². The maximum absolute atomic E-state index is 12.2. The number of esters is 1. The van der Waals surface area contributed by atoms with Gasteiger partial charge >= 0.3 is 5.97 Å². The lowest BCUT2D eigenvalue weighted by molar-refractivity contribution is 0.0525. The summed E-state index contributed by atoms with van der Waals surface area (Å²) in [5.74, 6) is 0.413. The predicted molar refractivity (Wildman–Crippen MR) is 88.3 cm³/mol. The minimum atomic E-state index is -0.456. The SMILES string of the molecule is CCOC(=O)c1c(C)nc(N)nc1-c1ccc(OC(C)C)cc1. The highest BCUT2D eigenvalue weighted by Gasteiger charge is 2.20. The van der Waals surface area contributed by atoms with E-state index in [1.165, 1.54) is 0 Å². The van der Waals surface area contributed by atoms with Gasteiger partial charge in [-0.1, -0.05) is 0 Å². The van der Waals surface area contributed by atoms with Gasteiger partial charge < -0.3 is 15.2 Å². The topological polar surface area (TPSA) is 87.3 Å². The van der Waals surface area contributed by atoms with Crippen molar-refractivity contribution in [2.75, 3.05) is 12.3 Å². The standard InChI is InChI=1S/C17H21N3O3/c1-5-22-16(21)14-11(4)19-17(18)20-15(14)12-6-8-13(9-7-12)23-10(2)3/h6-10H,5H2,1-4H3,(H2,18,19,20). The van der Waals surface area contributed by atoms with Gasteiger partial charge in [0.2, 0.25) is 5.95 Å². The number of nitrogen functional groups attached to an aromatic ring is 1. The van der Waals surface area contributed by atoms with Crippen LogP contribution >= 0.6 is 0 Å². The first kappa shape index (κ1) is 16.7. The second kappa shape index (κ2) is 7.09. The van der Waals surface area contributed by atoms with Crippen molar-refractivity contribution in [3.05, 3.63) is 35.5 Å². The van der Waals surface area contributed by atoms with E-state index in [-0.39, 0.29) is 18.7 Å². The van der Waals surface area contributed by atoms with E-state index in [0.29, 0.717) is 17.0 Å². The molecule has 0 saturated heterocycles. The molecule has 0 radical (unpaired) electrons. The first-order valence-electron chi connectivity index (χ1n) is 7.50. The number of anilines is 1. The average Bonchev–Trinajstić information content (AvgIpc) is 2.46. The van der Waals surface area contributed by atoms with E-state index < -0.39 is 5.97 Å². The highest BCUT2D eigenvalue weighted by atomic mass is 16.5. The molecular formula is C17H21N3O3. The van der Waals surface area contributed by atoms with Crippen molar-refractivity contribution in [3.63, 3.8) is 0 Å². The van der Waals surface area contributed by atoms with E-state index in [4.69, 9.17) is 15.2 Å². The van der Waals surface area contributed by atoms with Crippen LogP contribution in [-0.4, -0.2) is 28.6 Å². The Morgan fingerprint density at radius 1 is 1.22 bits per heavy atom. The summed E-state index contributed by atoms with van der Waals surface area (Å²) in [5, 5.41) is 0. The fourth-order valence-corrected chi connectivity index (χ4v) is 2.21. The van der Waals surface area contributed by atoms with Crippen molar-refractivity contribution < 1.29 is 14.3 Å². The first-order chi connectivity index (χ1) is 10.9. The van der Waals surface area contributed by atoms with E-state index >= 15 is 0 Å². The number of rotatable bonds is 5. The Hall–Kier alpha value is -2.63. The molecule has 1 aromatic heterocycles. The Balaban J connectivity index is 2.47. The Labute approximate surface area is 135 Å². The van der Waals surface area contributed by atoms with Gasteiger partial charge in [0.15, 0.2) is 0 Å². The maximum atomic E-state index is 12.2. The molecule has 0 amide bonds. The summed E-state index contributed by atoms with van der Waals surface area (Å²) in [6, 6.07) is 7.33. The third-order valence-electron chi connectivity index (χ3n) is 3.09. The number of nitrogens with zero attached hydrogens (tertiary/aromatic N) is 2. The van der Waals surface area contributed by atoms with Crippen molar-refractivity contribution in [1.82, 2.24) is 9.97 Å². The summed E-state index contributed by atoms with van der Waals surface area (Å²) in [5.41, 5.74) is 7.78. The second-order valence-electron chi connectivity index (χ2n) is 5.30. The molecule has 0 aliphatic carbocycles. The lowest BCUT2D eigenvalue weighted by Crippen LogP contribution is -2.13. The predicted octanol–water partition coefficient (Wildman–Crippen LogP) is 3.00. The molecule has 0 bridgehead atoms. The van der Waals surface area contributed by atoms with Gasteiger partial charge in [0.1, 0.15) is 11.3 Å². The molecule has 0 unspecified atom stereocenters. The molecular weight excluding hydrogens is 294 g/mol. The van der Waals surface area contributed by atoms with Crippen LogP contribution in [-0.2, 0) is 4.74 Å². The molecule has 122 valence electrons. The number of ether oxygens (including phenoxy) is 2. The first-order valence-corrected chi connectivity index (χ1v) is 7.50. The molecule has 1 heterocycles. The summed E-state index contributed by atoms with van der Waals surface area (Å²) in [6.45, 7) is 7.67. The van der Waals surface area contributed by atoms with Crippen molar-refractivity contribution in [2.45, 2.75) is 33.8 Å². The maximum Gasteiger partial charge on any atom is 0.342 e. The summed E-state index contributed by atoms with van der Waals surface area (Å²) >= 11 is 0. The molecule has 0 aliphatic rings. The molecule has 6 heteroatoms. The Bertz CT molecular complexity index is 697. The van der Waals surface area contributed by atoms with E-state index in [1.807, 2.05) is 38.1 Å². The van der Waals surface area contributed by atoms with Crippen LogP contribution in [0.3, 0.4) is 0 Å². The van der Waals surface area contributed by atoms with Crippen LogP contribution in [0.5, 0.6) is 5.75 Å². The van der Waals surface area contributed by atoms with Crippen LogP contribution in [0.15, 0.2) is 24.3 Å². The van der Waals surface area contributed by atoms with Gasteiger partial charge in [-0.05, 0) is 52.0 Å². The Morgan fingerprint density at radius 3 is 2.43 bits per heavy atom.